The third kappa shape index (κ3) is 3.07. The van der Waals surface area contributed by atoms with Crippen LogP contribution in [0.5, 0.6) is 0 Å². The van der Waals surface area contributed by atoms with E-state index >= 15 is 0 Å². The van der Waals surface area contributed by atoms with E-state index in [1.807, 2.05) is 0 Å². The number of hydrogen-bond acceptors (Lipinski definition) is 3. The van der Waals surface area contributed by atoms with Crippen LogP contribution >= 0.6 is 0 Å². The van der Waals surface area contributed by atoms with Crippen molar-refractivity contribution >= 4 is 6.29 Å². The Kier molecular flexibility index (Phi) is 1.96. The van der Waals surface area contributed by atoms with E-state index in [-0.39, 0.29) is 6.29 Å². The summed E-state index contributed by atoms with van der Waals surface area (Å²) in [6.45, 7) is 1.25. The van der Waals surface area contributed by atoms with Gasteiger partial charge in [0.25, 0.3) is 0 Å². The van der Waals surface area contributed by atoms with Gasteiger partial charge in [0, 0.05) is 0 Å². The lowest BCUT2D eigenvalue weighted by molar-refractivity contribution is -0.426. The molecule has 0 amide bonds. The molecule has 6 heavy (non-hydrogen) atoms. The van der Waals surface area contributed by atoms with Crippen molar-refractivity contribution < 1.29 is 9.72 Å². The van der Waals surface area contributed by atoms with Crippen LogP contribution in [0.1, 0.15) is 0 Å². The summed E-state index contributed by atoms with van der Waals surface area (Å²) in [4.78, 5) is 17.2. The van der Waals surface area contributed by atoms with Crippen LogP contribution in [0, 0.1) is 16.7 Å². The number of rotatable bonds is 2. The summed E-state index contributed by atoms with van der Waals surface area (Å²) in [5.41, 5.74) is 0. The molecule has 0 aromatic carbocycles. The summed E-state index contributed by atoms with van der Waals surface area (Å²) in [5, 5.41) is 9.06. The summed E-state index contributed by atoms with van der Waals surface area (Å²) in [7, 11) is 0. The van der Waals surface area contributed by atoms with Crippen LogP contribution in [0.25, 0.3) is 0 Å². The fourth-order valence-electron chi connectivity index (χ4n) is 0.0430. The highest BCUT2D eigenvalue weighted by Gasteiger charge is 1.94. The van der Waals surface area contributed by atoms with Crippen molar-refractivity contribution in [2.45, 2.75) is 0 Å². The van der Waals surface area contributed by atoms with E-state index in [2.05, 4.69) is 0 Å². The fourth-order valence-corrected chi connectivity index (χ4v) is 0.0430. The van der Waals surface area contributed by atoms with E-state index in [0.717, 1.165) is 0 Å². The highest BCUT2D eigenvalue weighted by atomic mass is 16.6. The van der Waals surface area contributed by atoms with Gasteiger partial charge in [-0.1, -0.05) is 0 Å². The van der Waals surface area contributed by atoms with Gasteiger partial charge in [0.05, 0.1) is 4.92 Å². The molecular weight excluding hydrogens is 86.0 g/mol. The van der Waals surface area contributed by atoms with Crippen molar-refractivity contribution in [3.8, 4) is 0 Å². The Balaban J connectivity index is 3.05. The first kappa shape index (κ1) is 5.07. The van der Waals surface area contributed by atoms with Crippen molar-refractivity contribution in [1.29, 1.82) is 0 Å². The van der Waals surface area contributed by atoms with Gasteiger partial charge in [-0.15, -0.1) is 0 Å². The van der Waals surface area contributed by atoms with Crippen molar-refractivity contribution in [3.05, 3.63) is 16.7 Å². The predicted molar refractivity (Wildman–Crippen MR) is 16.3 cm³/mol. The minimum Gasteiger partial charge on any atom is -0.295 e. The van der Waals surface area contributed by atoms with Gasteiger partial charge in [-0.3, -0.25) is 14.9 Å². The molecule has 0 saturated carbocycles. The molecule has 0 bridgehead atoms. The van der Waals surface area contributed by atoms with Crippen molar-refractivity contribution in [1.82, 2.24) is 0 Å². The number of nitro groups is 1. The molecule has 32 valence electrons. The van der Waals surface area contributed by atoms with E-state index in [4.69, 9.17) is 14.9 Å². The third-order valence-electron chi connectivity index (χ3n) is 0.158. The van der Waals surface area contributed by atoms with Gasteiger partial charge in [-0.05, 0) is 0 Å². The van der Waals surface area contributed by atoms with Crippen molar-refractivity contribution in [3.63, 3.8) is 0 Å². The summed E-state index contributed by atoms with van der Waals surface area (Å²) in [6, 6.07) is 0. The van der Waals surface area contributed by atoms with Crippen LogP contribution in [0.2, 0.25) is 0 Å². The lowest BCUT2D eigenvalue weighted by atomic mass is 10.8. The standard InChI is InChI=1S/C2HNO3/c4-2-1-3(5)6/h2H. The van der Waals surface area contributed by atoms with Crippen molar-refractivity contribution in [2.24, 2.45) is 0 Å². The zero-order valence-corrected chi connectivity index (χ0v) is 2.75. The fraction of sp³-hybridized carbons (Fsp3) is 0. The highest BCUT2D eigenvalue weighted by Crippen LogP contribution is 1.64. The molecule has 2 radical (unpaired) electrons. The predicted octanol–water partition coefficient (Wildman–Crippen LogP) is -0.499. The van der Waals surface area contributed by atoms with Crippen molar-refractivity contribution in [2.75, 3.05) is 0 Å². The molecule has 0 unspecified atom stereocenters. The molecule has 0 aromatic rings. The molecule has 0 aliphatic heterocycles. The number of aldehydes is 1. The van der Waals surface area contributed by atoms with Gasteiger partial charge in [0.1, 0.15) is 0 Å². The minimum atomic E-state index is -0.938. The highest BCUT2D eigenvalue weighted by molar-refractivity contribution is 5.57. The summed E-state index contributed by atoms with van der Waals surface area (Å²) < 4.78 is 0. The number of nitrogens with zero attached hydrogens (tertiary/aromatic N) is 1. The average Bonchev–Trinajstić information content (AvgIpc) is 1.35. The number of carbonyl (C=O) groups is 1. The monoisotopic (exact) mass is 87.0 g/mol. The maximum Gasteiger partial charge on any atom is 0.442 e. The lowest BCUT2D eigenvalue weighted by Gasteiger charge is -1.68. The SMILES string of the molecule is O=C[C][N+](=O)[O-]. The van der Waals surface area contributed by atoms with Gasteiger partial charge >= 0.3 is 6.54 Å². The number of hydrogen-bond donors (Lipinski definition) is 0. The second-order valence-corrected chi connectivity index (χ2v) is 0.504. The Hall–Kier alpha value is -0.930. The van der Waals surface area contributed by atoms with Gasteiger partial charge in [-0.2, -0.15) is 0 Å². The molecule has 4 heteroatoms. The van der Waals surface area contributed by atoms with Crippen LogP contribution in [0.3, 0.4) is 0 Å². The first-order chi connectivity index (χ1) is 2.77. The molecular formula is C2HNO3. The maximum absolute atomic E-state index is 9.06. The van der Waals surface area contributed by atoms with E-state index < -0.39 is 4.92 Å². The zero-order chi connectivity index (χ0) is 4.99. The molecule has 0 aliphatic rings. The van der Waals surface area contributed by atoms with E-state index in [1.165, 1.54) is 6.54 Å². The van der Waals surface area contributed by atoms with Crippen LogP contribution in [-0.2, 0) is 4.79 Å². The smallest absolute Gasteiger partial charge is 0.295 e. The molecule has 0 fully saturated rings. The second kappa shape index (κ2) is 2.32. The van der Waals surface area contributed by atoms with Crippen LogP contribution < -0.4 is 0 Å². The molecule has 0 rings (SSSR count). The summed E-state index contributed by atoms with van der Waals surface area (Å²) in [5.74, 6) is 0. The summed E-state index contributed by atoms with van der Waals surface area (Å²) >= 11 is 0. The average molecular weight is 87.0 g/mol. The van der Waals surface area contributed by atoms with Crippen LogP contribution in [0.15, 0.2) is 0 Å². The Bertz CT molecular complexity index is 69.2. The van der Waals surface area contributed by atoms with E-state index in [9.17, 15) is 0 Å². The molecule has 0 spiro atoms. The molecule has 0 saturated heterocycles. The Morgan fingerprint density at radius 2 is 2.33 bits per heavy atom. The van der Waals surface area contributed by atoms with Gasteiger partial charge in [-0.25, -0.2) is 0 Å². The van der Waals surface area contributed by atoms with Gasteiger partial charge in [0.2, 0.25) is 6.29 Å². The Labute approximate surface area is 33.9 Å². The lowest BCUT2D eigenvalue weighted by Crippen LogP contribution is -1.91. The molecule has 4 nitrogen and oxygen atoms in total. The first-order valence-electron chi connectivity index (χ1n) is 1.11. The van der Waals surface area contributed by atoms with Gasteiger partial charge < -0.3 is 0 Å². The van der Waals surface area contributed by atoms with E-state index in [0.29, 0.717) is 0 Å². The summed E-state index contributed by atoms with van der Waals surface area (Å²) in [6.07, 6.45) is 0. The Morgan fingerprint density at radius 3 is 2.33 bits per heavy atom. The minimum absolute atomic E-state index is 0. The maximum atomic E-state index is 9.06. The quantitative estimate of drug-likeness (QED) is 0.197. The molecule has 0 aromatic heterocycles. The topological polar surface area (TPSA) is 60.2 Å². The van der Waals surface area contributed by atoms with Crippen LogP contribution in [-0.4, -0.2) is 11.2 Å². The molecule has 0 atom stereocenters. The largest absolute Gasteiger partial charge is 0.442 e. The van der Waals surface area contributed by atoms with Crippen LogP contribution in [0.4, 0.5) is 0 Å². The zero-order valence-electron chi connectivity index (χ0n) is 2.75. The molecule has 0 heterocycles. The normalized spacial score (nSPS) is 7.33. The molecule has 0 aliphatic carbocycles. The molecule has 0 N–H and O–H groups in total. The number of carbonyl (C=O) groups excluding carboxylic acids is 1. The third-order valence-corrected chi connectivity index (χ3v) is 0.158. The first-order valence-corrected chi connectivity index (χ1v) is 1.11. The van der Waals surface area contributed by atoms with Gasteiger partial charge in [0.15, 0.2) is 0 Å². The van der Waals surface area contributed by atoms with E-state index in [1.54, 1.807) is 0 Å². The Morgan fingerprint density at radius 1 is 1.83 bits per heavy atom. The second-order valence-electron chi connectivity index (χ2n) is 0.504.